The highest BCUT2D eigenvalue weighted by Crippen LogP contribution is 2.35. The van der Waals surface area contributed by atoms with E-state index in [2.05, 4.69) is 15.2 Å². The van der Waals surface area contributed by atoms with Gasteiger partial charge in [-0.25, -0.2) is 5.84 Å². The van der Waals surface area contributed by atoms with Crippen molar-refractivity contribution in [2.75, 3.05) is 55.6 Å². The molecule has 1 saturated heterocycles. The van der Waals surface area contributed by atoms with E-state index in [0.717, 1.165) is 30.8 Å². The van der Waals surface area contributed by atoms with Crippen molar-refractivity contribution in [1.82, 2.24) is 9.88 Å². The normalized spacial score (nSPS) is 14.7. The molecule has 1 amide bonds. The molecule has 0 radical (unpaired) electrons. The summed E-state index contributed by atoms with van der Waals surface area (Å²) in [5.41, 5.74) is 8.17. The maximum atomic E-state index is 13.7. The molecule has 0 bridgehead atoms. The first-order valence-electron chi connectivity index (χ1n) is 12.5. The number of nitrogens with two attached hydrogens (primary N) is 2. The number of piperazine rings is 1. The molecule has 1 aliphatic rings. The third kappa shape index (κ3) is 6.82. The summed E-state index contributed by atoms with van der Waals surface area (Å²) in [5.74, 6) is 6.21. The van der Waals surface area contributed by atoms with Crippen LogP contribution >= 0.6 is 0 Å². The number of aromatic nitrogens is 1. The number of nitrogens with one attached hydrogen (secondary N) is 1. The molecule has 212 valence electrons. The van der Waals surface area contributed by atoms with E-state index in [1.54, 1.807) is 42.7 Å². The first-order valence-corrected chi connectivity index (χ1v) is 12.5. The number of alkyl halides is 3. The number of benzene rings is 2. The van der Waals surface area contributed by atoms with Crippen LogP contribution in [0.5, 0.6) is 5.75 Å². The van der Waals surface area contributed by atoms with Gasteiger partial charge in [0.2, 0.25) is 0 Å². The number of halogens is 3. The smallest absolute Gasteiger partial charge is 0.416 e. The van der Waals surface area contributed by atoms with E-state index >= 15 is 0 Å². The molecule has 0 spiro atoms. The molecule has 1 aliphatic heterocycles. The quantitative estimate of drug-likeness (QED) is 0.296. The SMILES string of the molecule is COc1cncc(/C(N)=C/N(N)c2cc(C(=O)Nc3cc(N4CCN(C)CC4)cc(C(F)(F)F)c3)ccc2C)c1. The van der Waals surface area contributed by atoms with E-state index in [1.165, 1.54) is 18.3 Å². The molecular formula is C28H32F3N7O2. The van der Waals surface area contributed by atoms with Crippen molar-refractivity contribution in [3.05, 3.63) is 83.3 Å². The molecule has 2 aromatic carbocycles. The van der Waals surface area contributed by atoms with Crippen LogP contribution in [0.2, 0.25) is 0 Å². The maximum absolute atomic E-state index is 13.7. The van der Waals surface area contributed by atoms with Crippen LogP contribution in [-0.2, 0) is 6.18 Å². The Bertz CT molecular complexity index is 1400. The van der Waals surface area contributed by atoms with Crippen molar-refractivity contribution >= 4 is 28.7 Å². The van der Waals surface area contributed by atoms with Crippen LogP contribution in [0.25, 0.3) is 5.70 Å². The van der Waals surface area contributed by atoms with Gasteiger partial charge in [0.15, 0.2) is 0 Å². The largest absolute Gasteiger partial charge is 0.495 e. The van der Waals surface area contributed by atoms with Crippen molar-refractivity contribution in [3.63, 3.8) is 0 Å². The number of carbonyl (C=O) groups excluding carboxylic acids is 1. The highest BCUT2D eigenvalue weighted by atomic mass is 19.4. The molecule has 0 aliphatic carbocycles. The maximum Gasteiger partial charge on any atom is 0.416 e. The van der Waals surface area contributed by atoms with E-state index < -0.39 is 17.6 Å². The van der Waals surface area contributed by atoms with Gasteiger partial charge in [-0.15, -0.1) is 0 Å². The lowest BCUT2D eigenvalue weighted by Crippen LogP contribution is -2.44. The Labute approximate surface area is 230 Å². The molecule has 1 aromatic heterocycles. The Morgan fingerprint density at radius 3 is 2.48 bits per heavy atom. The van der Waals surface area contributed by atoms with Crippen LogP contribution in [0.15, 0.2) is 61.1 Å². The van der Waals surface area contributed by atoms with Crippen molar-refractivity contribution < 1.29 is 22.7 Å². The average Bonchev–Trinajstić information content (AvgIpc) is 2.93. The van der Waals surface area contributed by atoms with Crippen molar-refractivity contribution in [2.24, 2.45) is 11.6 Å². The summed E-state index contributed by atoms with van der Waals surface area (Å²) in [4.78, 5) is 21.2. The molecule has 9 nitrogen and oxygen atoms in total. The Kier molecular flexibility index (Phi) is 8.50. The van der Waals surface area contributed by atoms with Gasteiger partial charge in [0.05, 0.1) is 30.3 Å². The second-order valence-corrected chi connectivity index (χ2v) is 9.62. The number of hydrazine groups is 1. The standard InChI is InChI=1S/C28H32F3N7O2/c1-18-4-5-19(11-26(18)38(33)17-25(32)20-10-24(40-3)16-34-15-20)27(39)35-22-12-21(28(29,30)31)13-23(14-22)37-8-6-36(2)7-9-37/h4-5,10-17H,6-9,32-33H2,1-3H3,(H,35,39)/b25-17-. The van der Waals surface area contributed by atoms with Gasteiger partial charge in [-0.3, -0.25) is 14.8 Å². The van der Waals surface area contributed by atoms with Crippen molar-refractivity contribution in [1.29, 1.82) is 0 Å². The Morgan fingerprint density at radius 1 is 1.07 bits per heavy atom. The van der Waals surface area contributed by atoms with Gasteiger partial charge < -0.3 is 25.6 Å². The zero-order valence-corrected chi connectivity index (χ0v) is 22.5. The number of pyridine rings is 1. The van der Waals surface area contributed by atoms with Gasteiger partial charge in [0, 0.05) is 61.1 Å². The van der Waals surface area contributed by atoms with Crippen LogP contribution in [0, 0.1) is 6.92 Å². The number of ether oxygens (including phenoxy) is 1. The summed E-state index contributed by atoms with van der Waals surface area (Å²) in [6, 6.07) is 10.1. The number of methoxy groups -OCH3 is 1. The predicted octanol–water partition coefficient (Wildman–Crippen LogP) is 4.06. The summed E-state index contributed by atoms with van der Waals surface area (Å²) < 4.78 is 46.3. The highest BCUT2D eigenvalue weighted by molar-refractivity contribution is 6.05. The van der Waals surface area contributed by atoms with E-state index in [-0.39, 0.29) is 11.3 Å². The van der Waals surface area contributed by atoms with Crippen LogP contribution < -0.4 is 31.5 Å². The Morgan fingerprint density at radius 2 is 1.80 bits per heavy atom. The number of anilines is 3. The van der Waals surface area contributed by atoms with Gasteiger partial charge in [0.1, 0.15) is 5.75 Å². The number of carbonyl (C=O) groups is 1. The number of hydrogen-bond donors (Lipinski definition) is 3. The van der Waals surface area contributed by atoms with E-state index in [1.807, 2.05) is 18.9 Å². The van der Waals surface area contributed by atoms with Gasteiger partial charge in [-0.2, -0.15) is 13.2 Å². The number of hydrogen-bond acceptors (Lipinski definition) is 8. The average molecular weight is 556 g/mol. The van der Waals surface area contributed by atoms with Gasteiger partial charge in [-0.05, 0) is 55.9 Å². The molecule has 5 N–H and O–H groups in total. The molecule has 4 rings (SSSR count). The minimum Gasteiger partial charge on any atom is -0.495 e. The third-order valence-corrected chi connectivity index (χ3v) is 6.68. The molecule has 1 fully saturated rings. The molecular weight excluding hydrogens is 523 g/mol. The van der Waals surface area contributed by atoms with Gasteiger partial charge >= 0.3 is 6.18 Å². The summed E-state index contributed by atoms with van der Waals surface area (Å²) >= 11 is 0. The van der Waals surface area contributed by atoms with Crippen molar-refractivity contribution in [2.45, 2.75) is 13.1 Å². The molecule has 0 atom stereocenters. The number of aryl methyl sites for hydroxylation is 1. The molecule has 0 saturated carbocycles. The second kappa shape index (κ2) is 11.8. The second-order valence-electron chi connectivity index (χ2n) is 9.62. The minimum absolute atomic E-state index is 0.0511. The topological polar surface area (TPSA) is 113 Å². The van der Waals surface area contributed by atoms with E-state index in [9.17, 15) is 18.0 Å². The van der Waals surface area contributed by atoms with Gasteiger partial charge in [-0.1, -0.05) is 6.07 Å². The van der Waals surface area contributed by atoms with Crippen molar-refractivity contribution in [3.8, 4) is 5.75 Å². The van der Waals surface area contributed by atoms with E-state index in [4.69, 9.17) is 16.3 Å². The number of amides is 1. The fourth-order valence-corrected chi connectivity index (χ4v) is 4.31. The Hall–Kier alpha value is -4.29. The molecule has 2 heterocycles. The van der Waals surface area contributed by atoms with Crippen LogP contribution in [-0.4, -0.2) is 56.1 Å². The summed E-state index contributed by atoms with van der Waals surface area (Å²) in [7, 11) is 3.48. The fourth-order valence-electron chi connectivity index (χ4n) is 4.31. The zero-order chi connectivity index (χ0) is 29.0. The lowest BCUT2D eigenvalue weighted by molar-refractivity contribution is -0.137. The fraction of sp³-hybridized carbons (Fsp3) is 0.286. The number of likely N-dealkylation sites (N-methyl/N-ethyl adjacent to an activating group) is 1. The first kappa shape index (κ1) is 28.7. The molecule has 40 heavy (non-hydrogen) atoms. The monoisotopic (exact) mass is 555 g/mol. The van der Waals surface area contributed by atoms with E-state index in [0.29, 0.717) is 41.5 Å². The van der Waals surface area contributed by atoms with Crippen LogP contribution in [0.3, 0.4) is 0 Å². The lowest BCUT2D eigenvalue weighted by atomic mass is 10.1. The Balaban J connectivity index is 1.58. The molecule has 12 heteroatoms. The first-order chi connectivity index (χ1) is 18.9. The summed E-state index contributed by atoms with van der Waals surface area (Å²) in [6.07, 6.45) is 0.0193. The van der Waals surface area contributed by atoms with Crippen LogP contribution in [0.4, 0.5) is 30.2 Å². The number of rotatable bonds is 7. The molecule has 0 unspecified atom stereocenters. The summed E-state index contributed by atoms with van der Waals surface area (Å²) in [6.45, 7) is 4.44. The van der Waals surface area contributed by atoms with Crippen LogP contribution in [0.1, 0.15) is 27.0 Å². The zero-order valence-electron chi connectivity index (χ0n) is 22.5. The molecule has 3 aromatic rings. The minimum atomic E-state index is -4.57. The lowest BCUT2D eigenvalue weighted by Gasteiger charge is -2.34. The van der Waals surface area contributed by atoms with Gasteiger partial charge in [0.25, 0.3) is 5.91 Å². The summed E-state index contributed by atoms with van der Waals surface area (Å²) in [5, 5.41) is 3.90. The predicted molar refractivity (Wildman–Crippen MR) is 150 cm³/mol. The highest BCUT2D eigenvalue weighted by Gasteiger charge is 2.32. The number of nitrogens with zero attached hydrogens (tertiary/aromatic N) is 4. The third-order valence-electron chi connectivity index (χ3n) is 6.68.